The zero-order chi connectivity index (χ0) is 14.2. The highest BCUT2D eigenvalue weighted by Crippen LogP contribution is 2.32. The van der Waals surface area contributed by atoms with Crippen LogP contribution >= 0.6 is 0 Å². The van der Waals surface area contributed by atoms with Crippen LogP contribution in [-0.4, -0.2) is 0 Å². The van der Waals surface area contributed by atoms with Crippen LogP contribution in [0.1, 0.15) is 76.3 Å². The third-order valence-electron chi connectivity index (χ3n) is 4.60. The average molecular weight is 270 g/mol. The average Bonchev–Trinajstić information content (AvgIpc) is 2.49. The van der Waals surface area contributed by atoms with Crippen molar-refractivity contribution in [3.8, 4) is 0 Å². The highest BCUT2D eigenvalue weighted by Gasteiger charge is 2.14. The number of rotatable bonds is 7. The summed E-state index contributed by atoms with van der Waals surface area (Å²) in [5.41, 5.74) is 4.52. The molecule has 110 valence electrons. The molecule has 1 aromatic carbocycles. The molecule has 0 aromatic heterocycles. The van der Waals surface area contributed by atoms with Gasteiger partial charge in [0, 0.05) is 0 Å². The number of aryl methyl sites for hydroxylation is 1. The highest BCUT2D eigenvalue weighted by molar-refractivity contribution is 5.66. The van der Waals surface area contributed by atoms with Crippen molar-refractivity contribution >= 4 is 5.57 Å². The zero-order valence-corrected chi connectivity index (χ0v) is 13.3. The maximum Gasteiger partial charge on any atom is -0.0228 e. The molecule has 0 heteroatoms. The van der Waals surface area contributed by atoms with E-state index in [0.717, 1.165) is 5.92 Å². The van der Waals surface area contributed by atoms with Gasteiger partial charge in [0.25, 0.3) is 0 Å². The van der Waals surface area contributed by atoms with E-state index in [9.17, 15) is 0 Å². The quantitative estimate of drug-likeness (QED) is 0.503. The number of hydrogen-bond donors (Lipinski definition) is 0. The van der Waals surface area contributed by atoms with Crippen molar-refractivity contribution < 1.29 is 0 Å². The van der Waals surface area contributed by atoms with E-state index < -0.39 is 0 Å². The number of hydrogen-bond acceptors (Lipinski definition) is 0. The summed E-state index contributed by atoms with van der Waals surface area (Å²) in [6, 6.07) is 9.28. The van der Waals surface area contributed by atoms with E-state index in [0.29, 0.717) is 0 Å². The molecule has 0 heterocycles. The predicted octanol–water partition coefficient (Wildman–Crippen LogP) is 6.40. The van der Waals surface area contributed by atoms with Gasteiger partial charge in [-0.1, -0.05) is 76.3 Å². The van der Waals surface area contributed by atoms with Gasteiger partial charge in [-0.05, 0) is 48.3 Å². The molecule has 0 amide bonds. The van der Waals surface area contributed by atoms with E-state index in [1.54, 1.807) is 5.57 Å². The van der Waals surface area contributed by atoms with Crippen LogP contribution in [0.3, 0.4) is 0 Å². The first-order valence-electron chi connectivity index (χ1n) is 8.61. The molecule has 0 spiro atoms. The Morgan fingerprint density at radius 1 is 1.00 bits per heavy atom. The van der Waals surface area contributed by atoms with Crippen LogP contribution in [0.5, 0.6) is 0 Å². The van der Waals surface area contributed by atoms with Crippen molar-refractivity contribution in [1.29, 1.82) is 0 Å². The molecule has 0 fully saturated rings. The Bertz CT molecular complexity index is 410. The van der Waals surface area contributed by atoms with Crippen molar-refractivity contribution in [2.45, 2.75) is 71.6 Å². The van der Waals surface area contributed by atoms with Gasteiger partial charge in [-0.15, -0.1) is 0 Å². The summed E-state index contributed by atoms with van der Waals surface area (Å²) in [5.74, 6) is 0.949. The maximum absolute atomic E-state index is 2.51. The SMILES string of the molecule is CCCCCC1CC=C(c2ccc(CCC)cc2)CC1. The molecule has 20 heavy (non-hydrogen) atoms. The van der Waals surface area contributed by atoms with Crippen molar-refractivity contribution in [2.24, 2.45) is 5.92 Å². The van der Waals surface area contributed by atoms with E-state index >= 15 is 0 Å². The summed E-state index contributed by atoms with van der Waals surface area (Å²) in [6.07, 6.45) is 14.5. The molecule has 0 radical (unpaired) electrons. The molecular formula is C20H30. The third kappa shape index (κ3) is 4.51. The van der Waals surface area contributed by atoms with Gasteiger partial charge in [0.05, 0.1) is 0 Å². The van der Waals surface area contributed by atoms with Crippen LogP contribution in [-0.2, 0) is 6.42 Å². The van der Waals surface area contributed by atoms with Gasteiger partial charge in [0.2, 0.25) is 0 Å². The molecule has 1 unspecified atom stereocenters. The lowest BCUT2D eigenvalue weighted by Crippen LogP contribution is -2.05. The minimum atomic E-state index is 0.949. The van der Waals surface area contributed by atoms with E-state index in [4.69, 9.17) is 0 Å². The first-order valence-corrected chi connectivity index (χ1v) is 8.61. The standard InChI is InChI=1S/C20H30/c1-3-5-6-8-18-11-15-20(16-12-18)19-13-9-17(7-4-2)10-14-19/h9-10,13-15,18H,3-8,11-12,16H2,1-2H3. The molecular weight excluding hydrogens is 240 g/mol. The first-order chi connectivity index (χ1) is 9.83. The Kier molecular flexibility index (Phi) is 6.36. The second kappa shape index (κ2) is 8.29. The number of unbranched alkanes of at least 4 members (excludes halogenated alkanes) is 2. The Hall–Kier alpha value is -1.04. The molecule has 1 atom stereocenters. The van der Waals surface area contributed by atoms with E-state index in [2.05, 4.69) is 44.2 Å². The molecule has 0 N–H and O–H groups in total. The first kappa shape index (κ1) is 15.4. The fraction of sp³-hybridized carbons (Fsp3) is 0.600. The van der Waals surface area contributed by atoms with Gasteiger partial charge >= 0.3 is 0 Å². The maximum atomic E-state index is 2.51. The monoisotopic (exact) mass is 270 g/mol. The minimum Gasteiger partial charge on any atom is -0.0804 e. The van der Waals surface area contributed by atoms with Crippen LogP contribution in [0.25, 0.3) is 5.57 Å². The molecule has 0 aliphatic heterocycles. The highest BCUT2D eigenvalue weighted by atomic mass is 14.2. The second-order valence-corrected chi connectivity index (χ2v) is 6.31. The summed E-state index contributed by atoms with van der Waals surface area (Å²) in [7, 11) is 0. The number of allylic oxidation sites excluding steroid dienone is 2. The van der Waals surface area contributed by atoms with Crippen LogP contribution in [0, 0.1) is 5.92 Å². The lowest BCUT2D eigenvalue weighted by Gasteiger charge is -2.22. The Morgan fingerprint density at radius 2 is 1.80 bits per heavy atom. The molecule has 0 saturated heterocycles. The third-order valence-corrected chi connectivity index (χ3v) is 4.60. The lowest BCUT2D eigenvalue weighted by molar-refractivity contribution is 0.428. The van der Waals surface area contributed by atoms with E-state index in [-0.39, 0.29) is 0 Å². The summed E-state index contributed by atoms with van der Waals surface area (Å²) < 4.78 is 0. The van der Waals surface area contributed by atoms with Crippen molar-refractivity contribution in [2.75, 3.05) is 0 Å². The van der Waals surface area contributed by atoms with Crippen LogP contribution in [0.4, 0.5) is 0 Å². The molecule has 2 rings (SSSR count). The largest absolute Gasteiger partial charge is 0.0804 e. The minimum absolute atomic E-state index is 0.949. The molecule has 1 aliphatic rings. The molecule has 0 bridgehead atoms. The van der Waals surface area contributed by atoms with Crippen LogP contribution < -0.4 is 0 Å². The van der Waals surface area contributed by atoms with Gasteiger partial charge < -0.3 is 0 Å². The van der Waals surface area contributed by atoms with Crippen molar-refractivity contribution in [3.05, 3.63) is 41.5 Å². The van der Waals surface area contributed by atoms with Gasteiger partial charge in [0.15, 0.2) is 0 Å². The molecule has 1 aliphatic carbocycles. The summed E-state index contributed by atoms with van der Waals surface area (Å²) in [6.45, 7) is 4.54. The van der Waals surface area contributed by atoms with Crippen molar-refractivity contribution in [3.63, 3.8) is 0 Å². The fourth-order valence-corrected chi connectivity index (χ4v) is 3.27. The van der Waals surface area contributed by atoms with Crippen molar-refractivity contribution in [1.82, 2.24) is 0 Å². The van der Waals surface area contributed by atoms with Gasteiger partial charge in [-0.25, -0.2) is 0 Å². The summed E-state index contributed by atoms with van der Waals surface area (Å²) in [4.78, 5) is 0. The van der Waals surface area contributed by atoms with E-state index in [1.165, 1.54) is 68.9 Å². The Labute approximate surface area is 125 Å². The smallest absolute Gasteiger partial charge is 0.0228 e. The fourth-order valence-electron chi connectivity index (χ4n) is 3.27. The summed E-state index contributed by atoms with van der Waals surface area (Å²) in [5, 5.41) is 0. The van der Waals surface area contributed by atoms with Gasteiger partial charge in [0.1, 0.15) is 0 Å². The number of benzene rings is 1. The molecule has 1 aromatic rings. The van der Waals surface area contributed by atoms with Crippen LogP contribution in [0.15, 0.2) is 30.3 Å². The summed E-state index contributed by atoms with van der Waals surface area (Å²) >= 11 is 0. The molecule has 0 nitrogen and oxygen atoms in total. The Morgan fingerprint density at radius 3 is 2.40 bits per heavy atom. The topological polar surface area (TPSA) is 0 Å². The Balaban J connectivity index is 1.87. The normalized spacial score (nSPS) is 18.9. The van der Waals surface area contributed by atoms with E-state index in [1.807, 2.05) is 0 Å². The molecule has 0 saturated carbocycles. The van der Waals surface area contributed by atoms with Gasteiger partial charge in [-0.3, -0.25) is 0 Å². The van der Waals surface area contributed by atoms with Crippen LogP contribution in [0.2, 0.25) is 0 Å². The van der Waals surface area contributed by atoms with Gasteiger partial charge in [-0.2, -0.15) is 0 Å². The second-order valence-electron chi connectivity index (χ2n) is 6.31. The predicted molar refractivity (Wildman–Crippen MR) is 89.9 cm³/mol. The lowest BCUT2D eigenvalue weighted by atomic mass is 9.84. The zero-order valence-electron chi connectivity index (χ0n) is 13.3.